The fourth-order valence-corrected chi connectivity index (χ4v) is 6.62. The molecule has 0 bridgehead atoms. The number of sulfonamides is 2. The summed E-state index contributed by atoms with van der Waals surface area (Å²) >= 11 is 3.00. The Bertz CT molecular complexity index is 1270. The minimum absolute atomic E-state index is 0.209. The van der Waals surface area contributed by atoms with Gasteiger partial charge in [0.25, 0.3) is 0 Å². The minimum Gasteiger partial charge on any atom is -0.207 e. The lowest BCUT2D eigenvalue weighted by molar-refractivity contribution is 0.580. The van der Waals surface area contributed by atoms with Crippen molar-refractivity contribution in [2.24, 2.45) is 0 Å². The molecule has 2 aromatic carbocycles. The monoisotopic (exact) mass is 518 g/mol. The van der Waals surface area contributed by atoms with Crippen LogP contribution in [-0.2, 0) is 39.6 Å². The average molecular weight is 519 g/mol. The molecule has 0 atom stereocenters. The van der Waals surface area contributed by atoms with Gasteiger partial charge in [-0.25, -0.2) is 26.3 Å². The van der Waals surface area contributed by atoms with Crippen LogP contribution in [0.2, 0.25) is 0 Å². The van der Waals surface area contributed by atoms with Crippen LogP contribution >= 0.6 is 22.7 Å². The Morgan fingerprint density at radius 3 is 1.30 bits per heavy atom. The highest BCUT2D eigenvalue weighted by molar-refractivity contribution is 7.89. The first kappa shape index (κ1) is 23.8. The number of benzene rings is 2. The average Bonchev–Trinajstić information content (AvgIpc) is 3.52. The molecule has 2 aromatic heterocycles. The largest absolute Gasteiger partial charge is 0.240 e. The third-order valence-electron chi connectivity index (χ3n) is 4.91. The van der Waals surface area contributed by atoms with Crippen molar-refractivity contribution in [3.05, 3.63) is 104 Å². The Labute approximate surface area is 202 Å². The van der Waals surface area contributed by atoms with Gasteiger partial charge in [-0.3, -0.25) is 0 Å². The molecule has 172 valence electrons. The normalized spacial score (nSPS) is 12.1. The maximum Gasteiger partial charge on any atom is 0.240 e. The van der Waals surface area contributed by atoms with E-state index in [1.807, 2.05) is 35.0 Å². The first-order valence-electron chi connectivity index (χ1n) is 10.0. The maximum absolute atomic E-state index is 12.5. The van der Waals surface area contributed by atoms with Crippen LogP contribution in [0, 0.1) is 0 Å². The molecule has 0 aliphatic rings. The van der Waals surface area contributed by atoms with Crippen LogP contribution in [-0.4, -0.2) is 16.8 Å². The molecule has 6 nitrogen and oxygen atoms in total. The van der Waals surface area contributed by atoms with Crippen molar-refractivity contribution in [1.29, 1.82) is 0 Å². The molecule has 0 amide bonds. The number of rotatable bonds is 10. The zero-order valence-electron chi connectivity index (χ0n) is 17.5. The number of nitrogens with one attached hydrogen (secondary N) is 2. The highest BCUT2D eigenvalue weighted by Gasteiger charge is 2.15. The van der Waals surface area contributed by atoms with E-state index in [0.29, 0.717) is 6.42 Å². The van der Waals surface area contributed by atoms with Crippen molar-refractivity contribution < 1.29 is 16.8 Å². The van der Waals surface area contributed by atoms with E-state index in [0.717, 1.165) is 20.9 Å². The lowest BCUT2D eigenvalue weighted by Crippen LogP contribution is -2.22. The molecule has 0 saturated carbocycles. The molecule has 33 heavy (non-hydrogen) atoms. The second-order valence-electron chi connectivity index (χ2n) is 7.27. The molecule has 0 unspecified atom stereocenters. The second-order valence-corrected chi connectivity index (χ2v) is 12.9. The van der Waals surface area contributed by atoms with Crippen LogP contribution < -0.4 is 9.44 Å². The van der Waals surface area contributed by atoms with Crippen molar-refractivity contribution in [3.63, 3.8) is 0 Å². The molecule has 0 aliphatic heterocycles. The van der Waals surface area contributed by atoms with Gasteiger partial charge in [0.1, 0.15) is 0 Å². The zero-order chi connectivity index (χ0) is 23.3. The van der Waals surface area contributed by atoms with Gasteiger partial charge in [-0.1, -0.05) is 36.4 Å². The standard InChI is InChI=1S/C23H22N2O4S4/c26-32(27,24-16-20-3-1-13-30-20)22-9-5-18(6-10-22)15-19-7-11-23(12-8-19)33(28,29)25-17-21-4-2-14-31-21/h1-14,24-25H,15-17H2. The predicted molar refractivity (Wildman–Crippen MR) is 132 cm³/mol. The summed E-state index contributed by atoms with van der Waals surface area (Å²) in [5.41, 5.74) is 1.86. The SMILES string of the molecule is O=S(=O)(NCc1cccs1)c1ccc(Cc2ccc(S(=O)(=O)NCc3cccs3)cc2)cc1. The van der Waals surface area contributed by atoms with Crippen molar-refractivity contribution in [1.82, 2.24) is 9.44 Å². The molecule has 0 spiro atoms. The zero-order valence-corrected chi connectivity index (χ0v) is 20.7. The molecule has 4 rings (SSSR count). The summed E-state index contributed by atoms with van der Waals surface area (Å²) in [4.78, 5) is 2.31. The van der Waals surface area contributed by atoms with E-state index >= 15 is 0 Å². The molecule has 0 radical (unpaired) electrons. The van der Waals surface area contributed by atoms with E-state index in [4.69, 9.17) is 0 Å². The van der Waals surface area contributed by atoms with Gasteiger partial charge in [-0.15, -0.1) is 22.7 Å². The molecule has 2 heterocycles. The van der Waals surface area contributed by atoms with E-state index in [-0.39, 0.29) is 22.9 Å². The minimum atomic E-state index is -3.59. The van der Waals surface area contributed by atoms with Gasteiger partial charge in [0.15, 0.2) is 0 Å². The summed E-state index contributed by atoms with van der Waals surface area (Å²) in [7, 11) is -7.17. The van der Waals surface area contributed by atoms with E-state index in [1.165, 1.54) is 22.7 Å². The third kappa shape index (κ3) is 6.38. The molecule has 10 heteroatoms. The predicted octanol–water partition coefficient (Wildman–Crippen LogP) is 4.36. The van der Waals surface area contributed by atoms with Gasteiger partial charge in [-0.05, 0) is 64.7 Å². The second kappa shape index (κ2) is 10.3. The molecular weight excluding hydrogens is 497 g/mol. The van der Waals surface area contributed by atoms with Crippen molar-refractivity contribution in [2.75, 3.05) is 0 Å². The van der Waals surface area contributed by atoms with Gasteiger partial charge >= 0.3 is 0 Å². The van der Waals surface area contributed by atoms with E-state index in [9.17, 15) is 16.8 Å². The van der Waals surface area contributed by atoms with Crippen LogP contribution in [0.3, 0.4) is 0 Å². The van der Waals surface area contributed by atoms with Crippen LogP contribution in [0.15, 0.2) is 93.3 Å². The number of hydrogen-bond donors (Lipinski definition) is 2. The Hall–Kier alpha value is -2.34. The molecule has 2 N–H and O–H groups in total. The fourth-order valence-electron chi connectivity index (χ4n) is 3.13. The summed E-state index contributed by atoms with van der Waals surface area (Å²) in [6.45, 7) is 0.526. The smallest absolute Gasteiger partial charge is 0.207 e. The van der Waals surface area contributed by atoms with Crippen LogP contribution in [0.1, 0.15) is 20.9 Å². The van der Waals surface area contributed by atoms with Gasteiger partial charge in [0.2, 0.25) is 20.0 Å². The van der Waals surface area contributed by atoms with Crippen molar-refractivity contribution in [3.8, 4) is 0 Å². The van der Waals surface area contributed by atoms with Gasteiger partial charge < -0.3 is 0 Å². The lowest BCUT2D eigenvalue weighted by atomic mass is 10.1. The Morgan fingerprint density at radius 1 is 0.576 bits per heavy atom. The van der Waals surface area contributed by atoms with E-state index < -0.39 is 20.0 Å². The van der Waals surface area contributed by atoms with Gasteiger partial charge in [-0.2, -0.15) is 0 Å². The first-order chi connectivity index (χ1) is 15.8. The quantitative estimate of drug-likeness (QED) is 0.326. The molecule has 0 fully saturated rings. The van der Waals surface area contributed by atoms with Crippen molar-refractivity contribution >= 4 is 42.7 Å². The van der Waals surface area contributed by atoms with Crippen LogP contribution in [0.25, 0.3) is 0 Å². The highest BCUT2D eigenvalue weighted by atomic mass is 32.2. The maximum atomic E-state index is 12.5. The summed E-state index contributed by atoms with van der Waals surface area (Å²) in [6.07, 6.45) is 0.561. The molecule has 0 aliphatic carbocycles. The summed E-state index contributed by atoms with van der Waals surface area (Å²) in [5, 5.41) is 3.81. The molecule has 0 saturated heterocycles. The topological polar surface area (TPSA) is 92.3 Å². The van der Waals surface area contributed by atoms with Gasteiger partial charge in [0, 0.05) is 22.8 Å². The lowest BCUT2D eigenvalue weighted by Gasteiger charge is -2.09. The summed E-state index contributed by atoms with van der Waals surface area (Å²) in [6, 6.07) is 20.9. The number of hydrogen-bond acceptors (Lipinski definition) is 6. The summed E-state index contributed by atoms with van der Waals surface area (Å²) in [5.74, 6) is 0. The van der Waals surface area contributed by atoms with Gasteiger partial charge in [0.05, 0.1) is 9.79 Å². The number of thiophene rings is 2. The molecular formula is C23H22N2O4S4. The third-order valence-corrected chi connectivity index (χ3v) is 9.50. The molecule has 4 aromatic rings. The summed E-state index contributed by atoms with van der Waals surface area (Å²) < 4.78 is 55.2. The Morgan fingerprint density at radius 2 is 0.970 bits per heavy atom. The Balaban J connectivity index is 1.37. The van der Waals surface area contributed by atoms with E-state index in [1.54, 1.807) is 48.5 Å². The fraction of sp³-hybridized carbons (Fsp3) is 0.130. The highest BCUT2D eigenvalue weighted by Crippen LogP contribution is 2.18. The first-order valence-corrected chi connectivity index (χ1v) is 14.8. The van der Waals surface area contributed by atoms with Crippen molar-refractivity contribution in [2.45, 2.75) is 29.3 Å². The van der Waals surface area contributed by atoms with E-state index in [2.05, 4.69) is 9.44 Å². The Kier molecular flexibility index (Phi) is 7.42. The van der Waals surface area contributed by atoms with Crippen LogP contribution in [0.4, 0.5) is 0 Å². The van der Waals surface area contributed by atoms with Crippen LogP contribution in [0.5, 0.6) is 0 Å².